The second kappa shape index (κ2) is 7.45. The van der Waals surface area contributed by atoms with Crippen LogP contribution in [0.15, 0.2) is 30.7 Å². The highest BCUT2D eigenvalue weighted by Gasteiger charge is 2.31. The van der Waals surface area contributed by atoms with Gasteiger partial charge in [0.15, 0.2) is 0 Å². The predicted octanol–water partition coefficient (Wildman–Crippen LogP) is 2.38. The summed E-state index contributed by atoms with van der Waals surface area (Å²) in [6.07, 6.45) is 8.17. The lowest BCUT2D eigenvalue weighted by molar-refractivity contribution is 0.0328. The second-order valence-corrected chi connectivity index (χ2v) is 7.38. The Morgan fingerprint density at radius 2 is 2.04 bits per heavy atom. The average Bonchev–Trinajstić information content (AvgIpc) is 2.61. The van der Waals surface area contributed by atoms with Crippen LogP contribution >= 0.6 is 0 Å². The number of benzene rings is 1. The first-order valence-corrected chi connectivity index (χ1v) is 8.92. The van der Waals surface area contributed by atoms with Gasteiger partial charge in [0.05, 0.1) is 11.1 Å². The maximum absolute atomic E-state index is 12.6. The Morgan fingerprint density at radius 3 is 2.80 bits per heavy atom. The maximum Gasteiger partial charge on any atom is 0.251 e. The van der Waals surface area contributed by atoms with Crippen molar-refractivity contribution in [3.8, 4) is 0 Å². The smallest absolute Gasteiger partial charge is 0.251 e. The SMILES string of the molecule is CC(C)(NC(=O)c1ccc2cncnc2c1)C(O)NC1CCCCC1. The number of aliphatic hydroxyl groups excluding tert-OH is 1. The van der Waals surface area contributed by atoms with Gasteiger partial charge < -0.3 is 10.4 Å². The van der Waals surface area contributed by atoms with Gasteiger partial charge in [0.25, 0.3) is 5.91 Å². The molecule has 1 saturated carbocycles. The number of fused-ring (bicyclic) bond motifs is 1. The molecule has 0 spiro atoms. The van der Waals surface area contributed by atoms with Gasteiger partial charge in [0.1, 0.15) is 12.6 Å². The van der Waals surface area contributed by atoms with Crippen LogP contribution < -0.4 is 10.6 Å². The van der Waals surface area contributed by atoms with E-state index in [0.29, 0.717) is 11.6 Å². The van der Waals surface area contributed by atoms with E-state index in [9.17, 15) is 9.90 Å². The molecule has 1 heterocycles. The van der Waals surface area contributed by atoms with Crippen molar-refractivity contribution in [3.63, 3.8) is 0 Å². The minimum atomic E-state index is -0.803. The highest BCUT2D eigenvalue weighted by atomic mass is 16.3. The fraction of sp³-hybridized carbons (Fsp3) is 0.526. The number of nitrogens with one attached hydrogen (secondary N) is 2. The molecule has 134 valence electrons. The third kappa shape index (κ3) is 4.32. The van der Waals surface area contributed by atoms with Gasteiger partial charge in [-0.05, 0) is 38.8 Å². The molecule has 1 aromatic heterocycles. The normalized spacial score (nSPS) is 17.4. The van der Waals surface area contributed by atoms with Crippen LogP contribution in [0.25, 0.3) is 10.9 Å². The molecule has 0 radical (unpaired) electrons. The quantitative estimate of drug-likeness (QED) is 0.726. The second-order valence-electron chi connectivity index (χ2n) is 7.38. The monoisotopic (exact) mass is 342 g/mol. The summed E-state index contributed by atoms with van der Waals surface area (Å²) in [6, 6.07) is 5.63. The first kappa shape index (κ1) is 17.8. The molecule has 2 aromatic rings. The van der Waals surface area contributed by atoms with Gasteiger partial charge in [0, 0.05) is 23.2 Å². The summed E-state index contributed by atoms with van der Waals surface area (Å²) < 4.78 is 0. The molecule has 6 nitrogen and oxygen atoms in total. The first-order chi connectivity index (χ1) is 12.0. The summed E-state index contributed by atoms with van der Waals surface area (Å²) in [5, 5.41) is 17.6. The molecule has 1 aliphatic rings. The molecule has 1 fully saturated rings. The lowest BCUT2D eigenvalue weighted by atomic mass is 9.93. The first-order valence-electron chi connectivity index (χ1n) is 8.92. The van der Waals surface area contributed by atoms with Gasteiger partial charge in [-0.25, -0.2) is 9.97 Å². The fourth-order valence-electron chi connectivity index (χ4n) is 3.25. The Morgan fingerprint density at radius 1 is 1.28 bits per heavy atom. The lowest BCUT2D eigenvalue weighted by Gasteiger charge is -2.36. The average molecular weight is 342 g/mol. The maximum atomic E-state index is 12.6. The van der Waals surface area contributed by atoms with E-state index in [-0.39, 0.29) is 5.91 Å². The molecule has 1 aliphatic carbocycles. The van der Waals surface area contributed by atoms with Gasteiger partial charge in [-0.3, -0.25) is 10.1 Å². The highest BCUT2D eigenvalue weighted by molar-refractivity contribution is 5.98. The number of nitrogens with zero attached hydrogens (tertiary/aromatic N) is 2. The molecule has 1 amide bonds. The van der Waals surface area contributed by atoms with Gasteiger partial charge in [-0.1, -0.05) is 25.3 Å². The molecule has 6 heteroatoms. The van der Waals surface area contributed by atoms with Crippen molar-refractivity contribution in [3.05, 3.63) is 36.3 Å². The Kier molecular flexibility index (Phi) is 5.30. The molecule has 0 aliphatic heterocycles. The number of carbonyl (C=O) groups excluding carboxylic acids is 1. The van der Waals surface area contributed by atoms with E-state index in [1.165, 1.54) is 25.6 Å². The van der Waals surface area contributed by atoms with Crippen LogP contribution in [0.2, 0.25) is 0 Å². The number of hydrogen-bond acceptors (Lipinski definition) is 5. The van der Waals surface area contributed by atoms with E-state index < -0.39 is 11.8 Å². The lowest BCUT2D eigenvalue weighted by Crippen LogP contribution is -2.59. The van der Waals surface area contributed by atoms with Crippen LogP contribution in [-0.4, -0.2) is 38.8 Å². The third-order valence-electron chi connectivity index (χ3n) is 4.89. The number of amides is 1. The van der Waals surface area contributed by atoms with Crippen LogP contribution in [0.3, 0.4) is 0 Å². The zero-order chi connectivity index (χ0) is 17.9. The minimum Gasteiger partial charge on any atom is -0.376 e. The van der Waals surface area contributed by atoms with Crippen molar-refractivity contribution < 1.29 is 9.90 Å². The van der Waals surface area contributed by atoms with Crippen molar-refractivity contribution in [2.45, 2.75) is 63.8 Å². The van der Waals surface area contributed by atoms with Gasteiger partial charge in [0.2, 0.25) is 0 Å². The molecule has 0 saturated heterocycles. The standard InChI is InChI=1S/C19H26N4O2/c1-19(2,18(25)22-15-6-4-3-5-7-15)23-17(24)13-8-9-14-11-20-12-21-16(14)10-13/h8-12,15,18,22,25H,3-7H2,1-2H3,(H,23,24). The van der Waals surface area contributed by atoms with Crippen molar-refractivity contribution in [1.82, 2.24) is 20.6 Å². The molecular weight excluding hydrogens is 316 g/mol. The number of aliphatic hydroxyl groups is 1. The summed E-state index contributed by atoms with van der Waals surface area (Å²) in [5.74, 6) is -0.227. The van der Waals surface area contributed by atoms with Gasteiger partial charge in [-0.15, -0.1) is 0 Å². The Balaban J connectivity index is 1.66. The topological polar surface area (TPSA) is 87.1 Å². The summed E-state index contributed by atoms with van der Waals surface area (Å²) in [6.45, 7) is 3.66. The number of carbonyl (C=O) groups is 1. The molecule has 1 unspecified atom stereocenters. The van der Waals surface area contributed by atoms with E-state index in [4.69, 9.17) is 0 Å². The van der Waals surface area contributed by atoms with Crippen molar-refractivity contribution in [1.29, 1.82) is 0 Å². The van der Waals surface area contributed by atoms with Crippen molar-refractivity contribution in [2.24, 2.45) is 0 Å². The molecule has 3 N–H and O–H groups in total. The molecular formula is C19H26N4O2. The van der Waals surface area contributed by atoms with Crippen molar-refractivity contribution in [2.75, 3.05) is 0 Å². The van der Waals surface area contributed by atoms with E-state index in [1.807, 2.05) is 19.9 Å². The summed E-state index contributed by atoms with van der Waals surface area (Å²) in [7, 11) is 0. The molecule has 1 atom stereocenters. The minimum absolute atomic E-state index is 0.227. The van der Waals surface area contributed by atoms with E-state index in [2.05, 4.69) is 20.6 Å². The van der Waals surface area contributed by atoms with Gasteiger partial charge >= 0.3 is 0 Å². The van der Waals surface area contributed by atoms with Crippen LogP contribution in [-0.2, 0) is 0 Å². The van der Waals surface area contributed by atoms with Crippen LogP contribution in [0.5, 0.6) is 0 Å². The largest absolute Gasteiger partial charge is 0.376 e. The van der Waals surface area contributed by atoms with E-state index in [0.717, 1.165) is 23.7 Å². The highest BCUT2D eigenvalue weighted by Crippen LogP contribution is 2.20. The number of rotatable bonds is 5. The van der Waals surface area contributed by atoms with Crippen molar-refractivity contribution >= 4 is 16.8 Å². The summed E-state index contributed by atoms with van der Waals surface area (Å²) in [5.41, 5.74) is 0.459. The zero-order valence-electron chi connectivity index (χ0n) is 14.8. The predicted molar refractivity (Wildman–Crippen MR) is 97.1 cm³/mol. The van der Waals surface area contributed by atoms with Crippen LogP contribution in [0, 0.1) is 0 Å². The summed E-state index contributed by atoms with van der Waals surface area (Å²) >= 11 is 0. The van der Waals surface area contributed by atoms with E-state index in [1.54, 1.807) is 18.3 Å². The van der Waals surface area contributed by atoms with E-state index >= 15 is 0 Å². The summed E-state index contributed by atoms with van der Waals surface area (Å²) in [4.78, 5) is 20.8. The van der Waals surface area contributed by atoms with Crippen LogP contribution in [0.1, 0.15) is 56.3 Å². The molecule has 3 rings (SSSR count). The van der Waals surface area contributed by atoms with Gasteiger partial charge in [-0.2, -0.15) is 0 Å². The molecule has 25 heavy (non-hydrogen) atoms. The Bertz CT molecular complexity index is 741. The molecule has 0 bridgehead atoms. The number of aromatic nitrogens is 2. The number of hydrogen-bond donors (Lipinski definition) is 3. The Labute approximate surface area is 148 Å². The zero-order valence-corrected chi connectivity index (χ0v) is 14.8. The Hall–Kier alpha value is -2.05. The third-order valence-corrected chi connectivity index (χ3v) is 4.89. The van der Waals surface area contributed by atoms with Crippen LogP contribution in [0.4, 0.5) is 0 Å². The molecule has 1 aromatic carbocycles. The fourth-order valence-corrected chi connectivity index (χ4v) is 3.25.